The van der Waals surface area contributed by atoms with E-state index in [1.54, 1.807) is 180 Å². The molecule has 478 valence electrons. The molecular formula is C82H150. The quantitative estimate of drug-likeness (QED) is 0.249. The van der Waals surface area contributed by atoms with Crippen molar-refractivity contribution in [3.8, 4) is 0 Å². The lowest BCUT2D eigenvalue weighted by Gasteiger charge is -2.35. The zero-order chi connectivity index (χ0) is 56.2. The lowest BCUT2D eigenvalue weighted by atomic mass is 9.71. The summed E-state index contributed by atoms with van der Waals surface area (Å²) in [6.45, 7) is 0. The van der Waals surface area contributed by atoms with Gasteiger partial charge in [-0.05, 0) is 82.9 Å². The van der Waals surface area contributed by atoms with E-state index in [2.05, 4.69) is 0 Å². The maximum atomic E-state index is 1.56. The van der Waals surface area contributed by atoms with E-state index in [1.165, 1.54) is 257 Å². The third-order valence-corrected chi connectivity index (χ3v) is 27.3. The van der Waals surface area contributed by atoms with Gasteiger partial charge in [-0.3, -0.25) is 0 Å². The molecule has 0 saturated heterocycles. The van der Waals surface area contributed by atoms with E-state index in [9.17, 15) is 0 Å². The highest BCUT2D eigenvalue weighted by Gasteiger charge is 2.31. The Kier molecular flexibility index (Phi) is 35.5. The molecule has 82 heavy (non-hydrogen) atoms. The minimum absolute atomic E-state index is 1.14. The summed E-state index contributed by atoms with van der Waals surface area (Å²) in [5.74, 6) is 16.0. The largest absolute Gasteiger partial charge is 0.0533 e. The van der Waals surface area contributed by atoms with Crippen molar-refractivity contribution in [1.82, 2.24) is 0 Å². The summed E-state index contributed by atoms with van der Waals surface area (Å²) in [5, 5.41) is 0. The maximum Gasteiger partial charge on any atom is -0.0386 e. The number of fused-ring (bicyclic) bond motifs is 1. The first-order valence-electron chi connectivity index (χ1n) is 40.8. The number of hydrogen-bond donors (Lipinski definition) is 0. The van der Waals surface area contributed by atoms with E-state index < -0.39 is 0 Å². The van der Waals surface area contributed by atoms with Crippen LogP contribution in [0.25, 0.3) is 0 Å². The average Bonchev–Trinajstić information content (AvgIpc) is 3.61. The molecule has 0 heteroatoms. The van der Waals surface area contributed by atoms with Crippen LogP contribution in [0.3, 0.4) is 0 Å². The number of hydrogen-bond acceptors (Lipinski definition) is 0. The SMILES string of the molecule is C1CCC(C2CCCCC2)CC1.C1CCC(C2CCCCC2)CC1.C1CCC(C2CCCCC2)CC1.C1CCC(C2CCCCC2)CC1.C1CCC(C2CCCCC2)CC1.C1CCC(C2CCCCC2)CC1.C1CCC2CCCCC2C1. The molecule has 0 aromatic rings. The molecule has 0 aliphatic heterocycles. The zero-order valence-corrected chi connectivity index (χ0v) is 56.2. The maximum absolute atomic E-state index is 1.56. The molecule has 0 nitrogen and oxygen atoms in total. The molecule has 0 radical (unpaired) electrons. The Morgan fingerprint density at radius 2 is 0.110 bits per heavy atom. The second-order valence-corrected chi connectivity index (χ2v) is 32.9. The van der Waals surface area contributed by atoms with Gasteiger partial charge in [-0.2, -0.15) is 0 Å². The summed E-state index contributed by atoms with van der Waals surface area (Å²) in [4.78, 5) is 0. The highest BCUT2D eigenvalue weighted by molar-refractivity contribution is 4.83. The fraction of sp³-hybridized carbons (Fsp3) is 1.00. The van der Waals surface area contributed by atoms with Crippen molar-refractivity contribution in [3.63, 3.8) is 0 Å². The van der Waals surface area contributed by atoms with Crippen molar-refractivity contribution in [3.05, 3.63) is 0 Å². The van der Waals surface area contributed by atoms with Crippen LogP contribution in [0.15, 0.2) is 0 Å². The Labute approximate surface area is 516 Å². The van der Waals surface area contributed by atoms with Crippen molar-refractivity contribution in [2.24, 2.45) is 82.9 Å². The van der Waals surface area contributed by atoms with Crippen LogP contribution >= 0.6 is 0 Å². The van der Waals surface area contributed by atoms with Crippen molar-refractivity contribution in [2.75, 3.05) is 0 Å². The fourth-order valence-corrected chi connectivity index (χ4v) is 22.1. The van der Waals surface area contributed by atoms with E-state index in [1.807, 2.05) is 0 Å². The summed E-state index contributed by atoms with van der Waals surface area (Å²) in [5.41, 5.74) is 0. The standard InChI is InChI=1S/6C12H22.C10H18/c6*1-3-7-11(8-4-1)12-9-5-2-6-10-12;1-2-6-10-8-4-3-7-9(10)5-1/h6*11-12H,1-10H2;9-10H,1-8H2. The molecule has 0 N–H and O–H groups in total. The normalized spacial score (nSPS) is 30.4. The molecule has 14 aliphatic rings. The van der Waals surface area contributed by atoms with E-state index in [-0.39, 0.29) is 0 Å². The third kappa shape index (κ3) is 26.2. The summed E-state index contributed by atoms with van der Waals surface area (Å²) < 4.78 is 0. The molecule has 0 heterocycles. The van der Waals surface area contributed by atoms with Crippen LogP contribution in [-0.2, 0) is 0 Å². The van der Waals surface area contributed by atoms with Crippen molar-refractivity contribution < 1.29 is 0 Å². The first-order valence-corrected chi connectivity index (χ1v) is 40.8. The minimum Gasteiger partial charge on any atom is -0.0533 e. The Morgan fingerprint density at radius 3 is 0.171 bits per heavy atom. The molecule has 14 aliphatic carbocycles. The Morgan fingerprint density at radius 1 is 0.0610 bits per heavy atom. The van der Waals surface area contributed by atoms with E-state index in [4.69, 9.17) is 0 Å². The van der Waals surface area contributed by atoms with Crippen LogP contribution in [0.2, 0.25) is 0 Å². The smallest absolute Gasteiger partial charge is 0.0386 e. The van der Waals surface area contributed by atoms with Gasteiger partial charge in [0.15, 0.2) is 0 Å². The van der Waals surface area contributed by atoms with Gasteiger partial charge >= 0.3 is 0 Å². The summed E-state index contributed by atoms with van der Waals surface area (Å²) in [6, 6.07) is 0. The lowest BCUT2D eigenvalue weighted by molar-refractivity contribution is 0.171. The van der Waals surface area contributed by atoms with Crippen molar-refractivity contribution in [2.45, 2.75) is 437 Å². The van der Waals surface area contributed by atoms with Gasteiger partial charge in [-0.1, -0.05) is 437 Å². The van der Waals surface area contributed by atoms with Crippen LogP contribution in [0.1, 0.15) is 437 Å². The summed E-state index contributed by atoms with van der Waals surface area (Å²) >= 11 is 0. The van der Waals surface area contributed by atoms with Gasteiger partial charge in [-0.25, -0.2) is 0 Å². The fourth-order valence-electron chi connectivity index (χ4n) is 22.1. The number of rotatable bonds is 6. The lowest BCUT2D eigenvalue weighted by Crippen LogP contribution is -2.22. The van der Waals surface area contributed by atoms with Crippen molar-refractivity contribution in [1.29, 1.82) is 0 Å². The zero-order valence-electron chi connectivity index (χ0n) is 56.2. The molecule has 14 rings (SSSR count). The predicted octanol–water partition coefficient (Wildman–Crippen LogP) is 28.2. The van der Waals surface area contributed by atoms with Gasteiger partial charge in [-0.15, -0.1) is 0 Å². The topological polar surface area (TPSA) is 0 Å². The van der Waals surface area contributed by atoms with Gasteiger partial charge in [0.1, 0.15) is 0 Å². The van der Waals surface area contributed by atoms with E-state index in [0.717, 1.165) is 82.9 Å². The first-order chi connectivity index (χ1) is 40.8. The van der Waals surface area contributed by atoms with E-state index in [0.29, 0.717) is 0 Å². The molecule has 0 bridgehead atoms. The second-order valence-electron chi connectivity index (χ2n) is 32.9. The van der Waals surface area contributed by atoms with Crippen molar-refractivity contribution >= 4 is 0 Å². The Bertz CT molecular complexity index is 1050. The molecule has 14 saturated carbocycles. The van der Waals surface area contributed by atoms with Gasteiger partial charge in [0.2, 0.25) is 0 Å². The molecule has 0 amide bonds. The monoisotopic (exact) mass is 1140 g/mol. The second kappa shape index (κ2) is 42.8. The highest BCUT2D eigenvalue weighted by atomic mass is 14.4. The molecule has 0 aromatic carbocycles. The summed E-state index contributed by atoms with van der Waals surface area (Å²) in [7, 11) is 0. The molecule has 0 aromatic heterocycles. The van der Waals surface area contributed by atoms with Crippen LogP contribution in [0.4, 0.5) is 0 Å². The minimum atomic E-state index is 1.14. The van der Waals surface area contributed by atoms with E-state index >= 15 is 0 Å². The Hall–Kier alpha value is 0. The van der Waals surface area contributed by atoms with Crippen LogP contribution in [-0.4, -0.2) is 0 Å². The average molecular weight is 1140 g/mol. The van der Waals surface area contributed by atoms with Crippen LogP contribution in [0.5, 0.6) is 0 Å². The Balaban J connectivity index is 0.000000125. The predicted molar refractivity (Wildman–Crippen MR) is 363 cm³/mol. The molecule has 14 fully saturated rings. The molecular weight excluding hydrogens is 985 g/mol. The van der Waals surface area contributed by atoms with Crippen LogP contribution < -0.4 is 0 Å². The third-order valence-electron chi connectivity index (χ3n) is 27.3. The van der Waals surface area contributed by atoms with Gasteiger partial charge < -0.3 is 0 Å². The van der Waals surface area contributed by atoms with Gasteiger partial charge in [0, 0.05) is 0 Å². The molecule has 0 spiro atoms. The van der Waals surface area contributed by atoms with Crippen LogP contribution in [0, 0.1) is 82.9 Å². The molecule has 0 unspecified atom stereocenters. The highest BCUT2D eigenvalue weighted by Crippen LogP contribution is 2.44. The molecule has 0 atom stereocenters. The van der Waals surface area contributed by atoms with Gasteiger partial charge in [0.05, 0.1) is 0 Å². The first kappa shape index (κ1) is 67.9. The van der Waals surface area contributed by atoms with Gasteiger partial charge in [0.25, 0.3) is 0 Å². The summed E-state index contributed by atoms with van der Waals surface area (Å²) in [6.07, 6.45) is 105.